The Morgan fingerprint density at radius 1 is 1.17 bits per heavy atom. The summed E-state index contributed by atoms with van der Waals surface area (Å²) in [5.74, 6) is 1.51. The summed E-state index contributed by atoms with van der Waals surface area (Å²) in [5, 5.41) is 2.92. The number of benzene rings is 2. The quantitative estimate of drug-likeness (QED) is 0.922. The molecule has 120 valence electrons. The molecule has 0 aliphatic carbocycles. The molecule has 0 unspecified atom stereocenters. The van der Waals surface area contributed by atoms with E-state index in [0.717, 1.165) is 28.3 Å². The van der Waals surface area contributed by atoms with E-state index in [-0.39, 0.29) is 12.7 Å². The van der Waals surface area contributed by atoms with Gasteiger partial charge in [-0.05, 0) is 49.4 Å². The highest BCUT2D eigenvalue weighted by molar-refractivity contribution is 5.92. The molecule has 5 heteroatoms. The molecule has 1 amide bonds. The summed E-state index contributed by atoms with van der Waals surface area (Å²) in [6, 6.07) is 13.6. The van der Waals surface area contributed by atoms with Gasteiger partial charge in [-0.25, -0.2) is 0 Å². The lowest BCUT2D eigenvalue weighted by atomic mass is 10.2. The number of hydrogen-bond donors (Lipinski definition) is 1. The summed E-state index contributed by atoms with van der Waals surface area (Å²) in [6.45, 7) is 3.26. The minimum absolute atomic E-state index is 0.0288. The molecule has 0 atom stereocenters. The summed E-state index contributed by atoms with van der Waals surface area (Å²) in [4.78, 5) is 14.1. The number of carbonyl (C=O) groups excluding carboxylic acids is 1. The van der Waals surface area contributed by atoms with E-state index >= 15 is 0 Å². The zero-order valence-corrected chi connectivity index (χ0v) is 13.3. The lowest BCUT2D eigenvalue weighted by Gasteiger charge is -2.16. The third-order valence-corrected chi connectivity index (χ3v) is 3.60. The topological polar surface area (TPSA) is 50.8 Å². The molecule has 0 radical (unpaired) electrons. The van der Waals surface area contributed by atoms with Crippen LogP contribution in [0.1, 0.15) is 11.1 Å². The van der Waals surface area contributed by atoms with Crippen molar-refractivity contribution in [3.05, 3.63) is 53.6 Å². The Hall–Kier alpha value is -2.53. The number of nitrogens with zero attached hydrogens (tertiary/aromatic N) is 1. The summed E-state index contributed by atoms with van der Waals surface area (Å²) in [5.41, 5.74) is 3.03. The summed E-state index contributed by atoms with van der Waals surface area (Å²) < 4.78 is 10.7. The van der Waals surface area contributed by atoms with Crippen LogP contribution in [0, 0.1) is 6.92 Å². The Kier molecular flexibility index (Phi) is 4.48. The van der Waals surface area contributed by atoms with Crippen molar-refractivity contribution in [2.24, 2.45) is 0 Å². The molecule has 0 bridgehead atoms. The molecule has 1 N–H and O–H groups in total. The fourth-order valence-electron chi connectivity index (χ4n) is 2.58. The van der Waals surface area contributed by atoms with E-state index in [2.05, 4.69) is 5.32 Å². The molecule has 0 aromatic heterocycles. The van der Waals surface area contributed by atoms with Crippen molar-refractivity contribution in [1.29, 1.82) is 0 Å². The number of hydrogen-bond acceptors (Lipinski definition) is 4. The van der Waals surface area contributed by atoms with Crippen LogP contribution in [-0.2, 0) is 11.3 Å². The smallest absolute Gasteiger partial charge is 0.238 e. The predicted octanol–water partition coefficient (Wildman–Crippen LogP) is 2.79. The van der Waals surface area contributed by atoms with E-state index in [0.29, 0.717) is 13.1 Å². The first-order valence-corrected chi connectivity index (χ1v) is 7.54. The Morgan fingerprint density at radius 3 is 2.83 bits per heavy atom. The largest absolute Gasteiger partial charge is 0.454 e. The first kappa shape index (κ1) is 15.4. The number of amides is 1. The van der Waals surface area contributed by atoms with Gasteiger partial charge in [0, 0.05) is 12.2 Å². The van der Waals surface area contributed by atoms with Crippen LogP contribution in [0.25, 0.3) is 0 Å². The van der Waals surface area contributed by atoms with Crippen LogP contribution in [0.2, 0.25) is 0 Å². The number of rotatable bonds is 5. The standard InChI is InChI=1S/C18H20N2O3/c1-13-4-3-5-15(8-13)19-18(21)11-20(2)10-14-6-7-16-17(9-14)23-12-22-16/h3-9H,10-12H2,1-2H3,(H,19,21). The van der Waals surface area contributed by atoms with Crippen LogP contribution in [0.4, 0.5) is 5.69 Å². The van der Waals surface area contributed by atoms with E-state index in [4.69, 9.17) is 9.47 Å². The van der Waals surface area contributed by atoms with Gasteiger partial charge >= 0.3 is 0 Å². The minimum Gasteiger partial charge on any atom is -0.454 e. The number of carbonyl (C=O) groups is 1. The number of ether oxygens (including phenoxy) is 2. The zero-order valence-electron chi connectivity index (χ0n) is 13.3. The van der Waals surface area contributed by atoms with Crippen molar-refractivity contribution >= 4 is 11.6 Å². The Morgan fingerprint density at radius 2 is 2.00 bits per heavy atom. The van der Waals surface area contributed by atoms with Crippen LogP contribution in [0.3, 0.4) is 0 Å². The second kappa shape index (κ2) is 6.71. The van der Waals surface area contributed by atoms with Gasteiger partial charge in [0.05, 0.1) is 6.54 Å². The lowest BCUT2D eigenvalue weighted by Crippen LogP contribution is -2.29. The van der Waals surface area contributed by atoms with Gasteiger partial charge in [0.15, 0.2) is 11.5 Å². The molecule has 1 aliphatic rings. The number of anilines is 1. The monoisotopic (exact) mass is 312 g/mol. The SMILES string of the molecule is Cc1cccc(NC(=O)CN(C)Cc2ccc3c(c2)OCO3)c1. The highest BCUT2D eigenvalue weighted by Gasteiger charge is 2.14. The van der Waals surface area contributed by atoms with Gasteiger partial charge in [-0.2, -0.15) is 0 Å². The molecular weight excluding hydrogens is 292 g/mol. The van der Waals surface area contributed by atoms with Crippen molar-refractivity contribution in [2.75, 3.05) is 25.7 Å². The number of aryl methyl sites for hydroxylation is 1. The van der Waals surface area contributed by atoms with E-state index in [1.54, 1.807) is 0 Å². The fourth-order valence-corrected chi connectivity index (χ4v) is 2.58. The molecule has 5 nitrogen and oxygen atoms in total. The molecule has 0 saturated heterocycles. The molecule has 3 rings (SSSR count). The van der Waals surface area contributed by atoms with E-state index in [9.17, 15) is 4.79 Å². The Labute approximate surface area is 135 Å². The first-order chi connectivity index (χ1) is 11.1. The second-order valence-corrected chi connectivity index (χ2v) is 5.78. The molecule has 23 heavy (non-hydrogen) atoms. The maximum Gasteiger partial charge on any atom is 0.238 e. The molecule has 1 heterocycles. The van der Waals surface area contributed by atoms with Gasteiger partial charge in [0.1, 0.15) is 0 Å². The summed E-state index contributed by atoms with van der Waals surface area (Å²) in [6.07, 6.45) is 0. The van der Waals surface area contributed by atoms with E-state index in [1.807, 2.05) is 61.3 Å². The number of fused-ring (bicyclic) bond motifs is 1. The average Bonchev–Trinajstić information content (AvgIpc) is 2.94. The molecule has 0 spiro atoms. The van der Waals surface area contributed by atoms with Gasteiger partial charge in [-0.1, -0.05) is 18.2 Å². The molecule has 2 aromatic carbocycles. The summed E-state index contributed by atoms with van der Waals surface area (Å²) >= 11 is 0. The van der Waals surface area contributed by atoms with E-state index in [1.165, 1.54) is 0 Å². The van der Waals surface area contributed by atoms with Crippen LogP contribution < -0.4 is 14.8 Å². The van der Waals surface area contributed by atoms with Gasteiger partial charge in [-0.15, -0.1) is 0 Å². The fraction of sp³-hybridized carbons (Fsp3) is 0.278. The average molecular weight is 312 g/mol. The molecule has 1 aliphatic heterocycles. The third kappa shape index (κ3) is 4.02. The lowest BCUT2D eigenvalue weighted by molar-refractivity contribution is -0.117. The van der Waals surface area contributed by atoms with E-state index < -0.39 is 0 Å². The Bertz CT molecular complexity index is 715. The van der Waals surface area contributed by atoms with Gasteiger partial charge in [0.25, 0.3) is 0 Å². The second-order valence-electron chi connectivity index (χ2n) is 5.78. The molecule has 0 fully saturated rings. The summed E-state index contributed by atoms with van der Waals surface area (Å²) in [7, 11) is 1.92. The van der Waals surface area contributed by atoms with Crippen LogP contribution >= 0.6 is 0 Å². The normalized spacial score (nSPS) is 12.5. The van der Waals surface area contributed by atoms with Gasteiger partial charge < -0.3 is 14.8 Å². The van der Waals surface area contributed by atoms with Crippen molar-refractivity contribution < 1.29 is 14.3 Å². The Balaban J connectivity index is 1.54. The highest BCUT2D eigenvalue weighted by Crippen LogP contribution is 2.32. The maximum atomic E-state index is 12.1. The minimum atomic E-state index is -0.0288. The first-order valence-electron chi connectivity index (χ1n) is 7.54. The van der Waals surface area contributed by atoms with Gasteiger partial charge in [-0.3, -0.25) is 9.69 Å². The highest BCUT2D eigenvalue weighted by atomic mass is 16.7. The number of likely N-dealkylation sites (N-methyl/N-ethyl adjacent to an activating group) is 1. The number of nitrogens with one attached hydrogen (secondary N) is 1. The molecule has 2 aromatic rings. The van der Waals surface area contributed by atoms with Crippen molar-refractivity contribution in [3.8, 4) is 11.5 Å². The third-order valence-electron chi connectivity index (χ3n) is 3.60. The molecule has 0 saturated carbocycles. The van der Waals surface area contributed by atoms with Crippen LogP contribution in [-0.4, -0.2) is 31.2 Å². The van der Waals surface area contributed by atoms with Crippen LogP contribution in [0.5, 0.6) is 11.5 Å². The maximum absolute atomic E-state index is 12.1. The van der Waals surface area contributed by atoms with Gasteiger partial charge in [0.2, 0.25) is 12.7 Å². The van der Waals surface area contributed by atoms with Crippen molar-refractivity contribution in [3.63, 3.8) is 0 Å². The van der Waals surface area contributed by atoms with Crippen molar-refractivity contribution in [1.82, 2.24) is 4.90 Å². The van der Waals surface area contributed by atoms with Crippen LogP contribution in [0.15, 0.2) is 42.5 Å². The zero-order chi connectivity index (χ0) is 16.2. The molecular formula is C18H20N2O3. The predicted molar refractivity (Wildman–Crippen MR) is 88.7 cm³/mol. The van der Waals surface area contributed by atoms with Crippen molar-refractivity contribution in [2.45, 2.75) is 13.5 Å².